The standard InChI is InChI=1S/C10H14N2O/c1-10(2,13)12-11-8-9-6-4-3-5-7-9/h3-7,13H,8H2,1-2H3. The Balaban J connectivity index is 2.49. The van der Waals surface area contributed by atoms with E-state index in [1.165, 1.54) is 0 Å². The minimum absolute atomic E-state index is 0.519. The zero-order valence-electron chi connectivity index (χ0n) is 7.94. The molecule has 0 aliphatic heterocycles. The highest BCUT2D eigenvalue weighted by Gasteiger charge is 2.07. The number of nitrogens with zero attached hydrogens (tertiary/aromatic N) is 2. The van der Waals surface area contributed by atoms with Gasteiger partial charge in [0.25, 0.3) is 0 Å². The fraction of sp³-hybridized carbons (Fsp3) is 0.400. The first kappa shape index (κ1) is 9.86. The van der Waals surface area contributed by atoms with Gasteiger partial charge in [0.2, 0.25) is 0 Å². The Labute approximate surface area is 78.1 Å². The number of hydrogen-bond donors (Lipinski definition) is 1. The third-order valence-corrected chi connectivity index (χ3v) is 1.41. The van der Waals surface area contributed by atoms with Crippen LogP contribution in [-0.4, -0.2) is 10.8 Å². The molecule has 0 saturated carbocycles. The van der Waals surface area contributed by atoms with E-state index in [0.717, 1.165) is 5.56 Å². The summed E-state index contributed by atoms with van der Waals surface area (Å²) in [6, 6.07) is 9.81. The molecule has 3 nitrogen and oxygen atoms in total. The van der Waals surface area contributed by atoms with Crippen LogP contribution < -0.4 is 0 Å². The van der Waals surface area contributed by atoms with Crippen LogP contribution in [0.5, 0.6) is 0 Å². The zero-order valence-corrected chi connectivity index (χ0v) is 7.94. The van der Waals surface area contributed by atoms with Crippen molar-refractivity contribution in [2.24, 2.45) is 10.2 Å². The summed E-state index contributed by atoms with van der Waals surface area (Å²) in [5.74, 6) is 0. The lowest BCUT2D eigenvalue weighted by Crippen LogP contribution is -2.13. The molecule has 0 aliphatic rings. The molecule has 1 aromatic carbocycles. The van der Waals surface area contributed by atoms with Crippen LogP contribution in [0.2, 0.25) is 0 Å². The Morgan fingerprint density at radius 3 is 2.38 bits per heavy atom. The maximum Gasteiger partial charge on any atom is 0.170 e. The average Bonchev–Trinajstić information content (AvgIpc) is 2.04. The summed E-state index contributed by atoms with van der Waals surface area (Å²) in [5.41, 5.74) is 0.0323. The van der Waals surface area contributed by atoms with Crippen molar-refractivity contribution >= 4 is 0 Å². The van der Waals surface area contributed by atoms with Gasteiger partial charge in [-0.15, -0.1) is 0 Å². The van der Waals surface area contributed by atoms with Crippen molar-refractivity contribution in [2.45, 2.75) is 26.1 Å². The number of rotatable bonds is 3. The van der Waals surface area contributed by atoms with Gasteiger partial charge in [-0.1, -0.05) is 30.3 Å². The second-order valence-electron chi connectivity index (χ2n) is 3.38. The number of aliphatic hydroxyl groups is 1. The van der Waals surface area contributed by atoms with Crippen LogP contribution >= 0.6 is 0 Å². The summed E-state index contributed by atoms with van der Waals surface area (Å²) in [7, 11) is 0. The third-order valence-electron chi connectivity index (χ3n) is 1.41. The molecule has 1 N–H and O–H groups in total. The number of azo groups is 1. The fourth-order valence-electron chi connectivity index (χ4n) is 0.873. The lowest BCUT2D eigenvalue weighted by atomic mass is 10.2. The van der Waals surface area contributed by atoms with Crippen molar-refractivity contribution in [3.8, 4) is 0 Å². The molecule has 0 aromatic heterocycles. The first-order valence-corrected chi connectivity index (χ1v) is 4.23. The van der Waals surface area contributed by atoms with Crippen LogP contribution in [-0.2, 0) is 6.54 Å². The van der Waals surface area contributed by atoms with E-state index in [1.807, 2.05) is 30.3 Å². The highest BCUT2D eigenvalue weighted by atomic mass is 16.3. The average molecular weight is 178 g/mol. The molecule has 0 unspecified atom stereocenters. The highest BCUT2D eigenvalue weighted by Crippen LogP contribution is 2.06. The second-order valence-corrected chi connectivity index (χ2v) is 3.38. The van der Waals surface area contributed by atoms with Crippen molar-refractivity contribution in [3.63, 3.8) is 0 Å². The van der Waals surface area contributed by atoms with Crippen LogP contribution in [0.1, 0.15) is 19.4 Å². The van der Waals surface area contributed by atoms with Gasteiger partial charge in [-0.2, -0.15) is 10.2 Å². The topological polar surface area (TPSA) is 45.0 Å². The molecule has 0 fully saturated rings. The van der Waals surface area contributed by atoms with E-state index in [1.54, 1.807) is 13.8 Å². The van der Waals surface area contributed by atoms with Crippen molar-refractivity contribution in [1.29, 1.82) is 0 Å². The Kier molecular flexibility index (Phi) is 3.14. The molecule has 1 rings (SSSR count). The van der Waals surface area contributed by atoms with Gasteiger partial charge in [0.15, 0.2) is 5.72 Å². The van der Waals surface area contributed by atoms with Crippen molar-refractivity contribution in [2.75, 3.05) is 0 Å². The largest absolute Gasteiger partial charge is 0.368 e. The second kappa shape index (κ2) is 4.14. The van der Waals surface area contributed by atoms with E-state index in [2.05, 4.69) is 10.2 Å². The minimum atomic E-state index is -1.06. The predicted octanol–water partition coefficient (Wildman–Crippen LogP) is 2.37. The summed E-state index contributed by atoms with van der Waals surface area (Å²) in [5, 5.41) is 16.9. The van der Waals surface area contributed by atoms with E-state index < -0.39 is 5.72 Å². The number of hydrogen-bond acceptors (Lipinski definition) is 3. The lowest BCUT2D eigenvalue weighted by molar-refractivity contribution is 0.0814. The van der Waals surface area contributed by atoms with Gasteiger partial charge in [0.1, 0.15) is 0 Å². The van der Waals surface area contributed by atoms with Gasteiger partial charge < -0.3 is 5.11 Å². The van der Waals surface area contributed by atoms with Crippen LogP contribution in [0.15, 0.2) is 40.6 Å². The first-order chi connectivity index (χ1) is 6.08. The molecule has 0 heterocycles. The summed E-state index contributed by atoms with van der Waals surface area (Å²) in [6.45, 7) is 3.72. The lowest BCUT2D eigenvalue weighted by Gasteiger charge is -2.07. The normalized spacial score (nSPS) is 12.2. The molecule has 0 amide bonds. The van der Waals surface area contributed by atoms with E-state index in [-0.39, 0.29) is 0 Å². The summed E-state index contributed by atoms with van der Waals surface area (Å²) in [4.78, 5) is 0. The van der Waals surface area contributed by atoms with Crippen LogP contribution in [0.4, 0.5) is 0 Å². The van der Waals surface area contributed by atoms with E-state index in [9.17, 15) is 5.11 Å². The molecule has 0 saturated heterocycles. The third kappa shape index (κ3) is 4.38. The monoisotopic (exact) mass is 178 g/mol. The summed E-state index contributed by atoms with van der Waals surface area (Å²) >= 11 is 0. The molecule has 1 aromatic rings. The molecule has 0 radical (unpaired) electrons. The molecule has 0 bridgehead atoms. The quantitative estimate of drug-likeness (QED) is 0.709. The number of benzene rings is 1. The van der Waals surface area contributed by atoms with Crippen molar-refractivity contribution in [1.82, 2.24) is 0 Å². The van der Waals surface area contributed by atoms with Crippen molar-refractivity contribution < 1.29 is 5.11 Å². The molecular formula is C10H14N2O. The Bertz CT molecular complexity index is 275. The molecule has 13 heavy (non-hydrogen) atoms. The van der Waals surface area contributed by atoms with E-state index in [0.29, 0.717) is 6.54 Å². The van der Waals surface area contributed by atoms with Gasteiger partial charge in [-0.25, -0.2) is 0 Å². The maximum absolute atomic E-state index is 9.24. The molecule has 0 atom stereocenters. The fourth-order valence-corrected chi connectivity index (χ4v) is 0.873. The van der Waals surface area contributed by atoms with E-state index >= 15 is 0 Å². The van der Waals surface area contributed by atoms with Gasteiger partial charge >= 0.3 is 0 Å². The Morgan fingerprint density at radius 1 is 1.23 bits per heavy atom. The molecule has 0 aliphatic carbocycles. The van der Waals surface area contributed by atoms with Crippen LogP contribution in [0.3, 0.4) is 0 Å². The molecule has 70 valence electrons. The molecule has 0 spiro atoms. The minimum Gasteiger partial charge on any atom is -0.368 e. The Morgan fingerprint density at radius 2 is 1.85 bits per heavy atom. The van der Waals surface area contributed by atoms with Gasteiger partial charge in [-0.05, 0) is 19.4 Å². The summed E-state index contributed by atoms with van der Waals surface area (Å²) in [6.07, 6.45) is 0. The van der Waals surface area contributed by atoms with Crippen LogP contribution in [0, 0.1) is 0 Å². The summed E-state index contributed by atoms with van der Waals surface area (Å²) < 4.78 is 0. The SMILES string of the molecule is CC(C)(O)N=NCc1ccccc1. The van der Waals surface area contributed by atoms with Gasteiger partial charge in [0, 0.05) is 0 Å². The first-order valence-electron chi connectivity index (χ1n) is 4.23. The van der Waals surface area contributed by atoms with Crippen molar-refractivity contribution in [3.05, 3.63) is 35.9 Å². The highest BCUT2D eigenvalue weighted by molar-refractivity contribution is 5.14. The predicted molar refractivity (Wildman–Crippen MR) is 51.3 cm³/mol. The van der Waals surface area contributed by atoms with Crippen LogP contribution in [0.25, 0.3) is 0 Å². The zero-order chi connectivity index (χ0) is 9.73. The van der Waals surface area contributed by atoms with E-state index in [4.69, 9.17) is 0 Å². The smallest absolute Gasteiger partial charge is 0.170 e. The van der Waals surface area contributed by atoms with Gasteiger partial charge in [-0.3, -0.25) is 0 Å². The Hall–Kier alpha value is -1.22. The maximum atomic E-state index is 9.24. The van der Waals surface area contributed by atoms with Gasteiger partial charge in [0.05, 0.1) is 6.54 Å². The molecule has 3 heteroatoms. The molecular weight excluding hydrogens is 164 g/mol.